The minimum Gasteiger partial charge on any atom is -0.462 e. The van der Waals surface area contributed by atoms with Crippen molar-refractivity contribution < 1.29 is 9.53 Å². The van der Waals surface area contributed by atoms with Gasteiger partial charge in [-0.05, 0) is 29.5 Å². The minimum absolute atomic E-state index is 0.164. The molecular weight excluding hydrogens is 361 g/mol. The molecule has 1 heterocycles. The first-order valence-electron chi connectivity index (χ1n) is 8.15. The van der Waals surface area contributed by atoms with Gasteiger partial charge in [0, 0.05) is 17.0 Å². The van der Waals surface area contributed by atoms with Gasteiger partial charge in [0.1, 0.15) is 0 Å². The summed E-state index contributed by atoms with van der Waals surface area (Å²) in [4.78, 5) is 17.1. The predicted molar refractivity (Wildman–Crippen MR) is 101 cm³/mol. The van der Waals surface area contributed by atoms with E-state index in [0.29, 0.717) is 40.4 Å². The van der Waals surface area contributed by atoms with Crippen molar-refractivity contribution in [3.05, 3.63) is 28.2 Å². The van der Waals surface area contributed by atoms with Gasteiger partial charge >= 0.3 is 6.01 Å². The Morgan fingerprint density at radius 1 is 1.28 bits per heavy atom. The molecule has 2 rings (SSSR count). The molecule has 7 heteroatoms. The second-order valence-corrected chi connectivity index (χ2v) is 8.43. The number of nitrogens with zero attached hydrogens (tertiary/aromatic N) is 3. The summed E-state index contributed by atoms with van der Waals surface area (Å²) in [6, 6.07) is 5.20. The van der Waals surface area contributed by atoms with Crippen LogP contribution in [0.15, 0.2) is 18.2 Å². The fourth-order valence-electron chi connectivity index (χ4n) is 2.14. The monoisotopic (exact) mass is 383 g/mol. The third-order valence-corrected chi connectivity index (χ3v) is 3.77. The SMILES string of the molecule is CC(C)COc1nc(-c2ccc(Cl)cc2Cl)n(C(=O)CC(C)(C)C)n1. The van der Waals surface area contributed by atoms with Crippen molar-refractivity contribution in [3.8, 4) is 17.4 Å². The molecule has 25 heavy (non-hydrogen) atoms. The molecule has 1 aromatic heterocycles. The number of carbonyl (C=O) groups excluding carboxylic acids is 1. The predicted octanol–water partition coefficient (Wildman–Crippen LogP) is 5.36. The highest BCUT2D eigenvalue weighted by atomic mass is 35.5. The Morgan fingerprint density at radius 3 is 2.52 bits per heavy atom. The maximum absolute atomic E-state index is 12.7. The standard InChI is InChI=1S/C18H23Cl2N3O2/c1-11(2)10-25-17-21-16(13-7-6-12(19)8-14(13)20)23(22-17)15(24)9-18(3,4)5/h6-8,11H,9-10H2,1-5H3. The summed E-state index contributed by atoms with van der Waals surface area (Å²) in [5.74, 6) is 0.509. The molecule has 2 aromatic rings. The number of ether oxygens (including phenoxy) is 1. The fraction of sp³-hybridized carbons (Fsp3) is 0.500. The van der Waals surface area contributed by atoms with Crippen LogP contribution in [0.2, 0.25) is 10.0 Å². The smallest absolute Gasteiger partial charge is 0.336 e. The Morgan fingerprint density at radius 2 is 1.96 bits per heavy atom. The zero-order valence-corrected chi connectivity index (χ0v) is 16.6. The first-order valence-corrected chi connectivity index (χ1v) is 8.91. The van der Waals surface area contributed by atoms with Gasteiger partial charge < -0.3 is 4.74 Å². The molecule has 0 unspecified atom stereocenters. The van der Waals surface area contributed by atoms with Gasteiger partial charge in [-0.1, -0.05) is 57.8 Å². The zero-order chi connectivity index (χ0) is 18.8. The summed E-state index contributed by atoms with van der Waals surface area (Å²) in [6.07, 6.45) is 0.318. The summed E-state index contributed by atoms with van der Waals surface area (Å²) < 4.78 is 6.86. The van der Waals surface area contributed by atoms with Crippen molar-refractivity contribution >= 4 is 29.1 Å². The van der Waals surface area contributed by atoms with Crippen LogP contribution in [-0.2, 0) is 0 Å². The Balaban J connectivity index is 2.46. The van der Waals surface area contributed by atoms with Gasteiger partial charge in [-0.25, -0.2) is 0 Å². The third-order valence-electron chi connectivity index (χ3n) is 3.22. The summed E-state index contributed by atoms with van der Waals surface area (Å²) in [6.45, 7) is 10.5. The highest BCUT2D eigenvalue weighted by Gasteiger charge is 2.24. The quantitative estimate of drug-likeness (QED) is 0.696. The molecule has 1 aromatic carbocycles. The van der Waals surface area contributed by atoms with Crippen molar-refractivity contribution in [2.45, 2.75) is 41.0 Å². The molecule has 0 fully saturated rings. The van der Waals surface area contributed by atoms with Gasteiger partial charge in [0.2, 0.25) is 5.91 Å². The Bertz CT molecular complexity index is 764. The molecule has 0 saturated carbocycles. The molecule has 0 aliphatic carbocycles. The summed E-state index contributed by atoms with van der Waals surface area (Å²) in [7, 11) is 0. The second kappa shape index (κ2) is 7.75. The summed E-state index contributed by atoms with van der Waals surface area (Å²) >= 11 is 12.3. The van der Waals surface area contributed by atoms with E-state index >= 15 is 0 Å². The van der Waals surface area contributed by atoms with Crippen LogP contribution in [0.3, 0.4) is 0 Å². The molecule has 0 N–H and O–H groups in total. The molecule has 0 spiro atoms. The van der Waals surface area contributed by atoms with E-state index in [9.17, 15) is 4.79 Å². The number of hydrogen-bond acceptors (Lipinski definition) is 4. The van der Waals surface area contributed by atoms with Crippen LogP contribution in [-0.4, -0.2) is 27.3 Å². The van der Waals surface area contributed by atoms with Gasteiger partial charge in [-0.3, -0.25) is 4.79 Å². The van der Waals surface area contributed by atoms with Crippen molar-refractivity contribution in [1.82, 2.24) is 14.8 Å². The number of aromatic nitrogens is 3. The molecule has 0 radical (unpaired) electrons. The van der Waals surface area contributed by atoms with E-state index in [-0.39, 0.29) is 17.3 Å². The van der Waals surface area contributed by atoms with Crippen LogP contribution in [0, 0.1) is 11.3 Å². The van der Waals surface area contributed by atoms with E-state index in [4.69, 9.17) is 27.9 Å². The van der Waals surface area contributed by atoms with E-state index < -0.39 is 0 Å². The topological polar surface area (TPSA) is 57.0 Å². The molecule has 0 aliphatic heterocycles. The highest BCUT2D eigenvalue weighted by molar-refractivity contribution is 6.36. The second-order valence-electron chi connectivity index (χ2n) is 7.59. The summed E-state index contributed by atoms with van der Waals surface area (Å²) in [5, 5.41) is 5.16. The van der Waals surface area contributed by atoms with Crippen LogP contribution in [0.4, 0.5) is 0 Å². The molecule has 0 amide bonds. The van der Waals surface area contributed by atoms with Crippen LogP contribution >= 0.6 is 23.2 Å². The number of hydrogen-bond donors (Lipinski definition) is 0. The molecule has 0 bridgehead atoms. The molecule has 5 nitrogen and oxygen atoms in total. The number of halogens is 2. The largest absolute Gasteiger partial charge is 0.462 e. The van der Waals surface area contributed by atoms with Crippen molar-refractivity contribution in [2.75, 3.05) is 6.61 Å². The number of carbonyl (C=O) groups is 1. The normalized spacial score (nSPS) is 11.8. The molecule has 136 valence electrons. The summed E-state index contributed by atoms with van der Waals surface area (Å²) in [5.41, 5.74) is 0.406. The Kier molecular flexibility index (Phi) is 6.12. The van der Waals surface area contributed by atoms with E-state index in [1.165, 1.54) is 4.68 Å². The lowest BCUT2D eigenvalue weighted by Crippen LogP contribution is -2.21. The molecule has 0 atom stereocenters. The average Bonchev–Trinajstić information content (AvgIpc) is 2.87. The highest BCUT2D eigenvalue weighted by Crippen LogP contribution is 2.31. The van der Waals surface area contributed by atoms with Crippen LogP contribution in [0.1, 0.15) is 45.8 Å². The van der Waals surface area contributed by atoms with Gasteiger partial charge in [-0.2, -0.15) is 9.67 Å². The third kappa shape index (κ3) is 5.44. The van der Waals surface area contributed by atoms with Gasteiger partial charge in [-0.15, -0.1) is 5.10 Å². The van der Waals surface area contributed by atoms with E-state index in [1.807, 2.05) is 34.6 Å². The lowest BCUT2D eigenvalue weighted by atomic mass is 9.92. The van der Waals surface area contributed by atoms with Gasteiger partial charge in [0.15, 0.2) is 5.82 Å². The van der Waals surface area contributed by atoms with Gasteiger partial charge in [0.05, 0.1) is 11.6 Å². The molecular formula is C18H23Cl2N3O2. The zero-order valence-electron chi connectivity index (χ0n) is 15.1. The van der Waals surface area contributed by atoms with E-state index in [0.717, 1.165) is 0 Å². The molecule has 0 aliphatic rings. The van der Waals surface area contributed by atoms with Crippen molar-refractivity contribution in [1.29, 1.82) is 0 Å². The minimum atomic E-state index is -0.178. The Hall–Kier alpha value is -1.59. The van der Waals surface area contributed by atoms with Crippen LogP contribution in [0.5, 0.6) is 6.01 Å². The first kappa shape index (κ1) is 19.7. The fourth-order valence-corrected chi connectivity index (χ4v) is 2.64. The lowest BCUT2D eigenvalue weighted by Gasteiger charge is -2.17. The first-order chi connectivity index (χ1) is 11.6. The molecule has 0 saturated heterocycles. The Labute approximate surface area is 158 Å². The van der Waals surface area contributed by atoms with Crippen molar-refractivity contribution in [2.24, 2.45) is 11.3 Å². The number of benzene rings is 1. The maximum atomic E-state index is 12.7. The maximum Gasteiger partial charge on any atom is 0.336 e. The number of rotatable bonds is 5. The van der Waals surface area contributed by atoms with E-state index in [1.54, 1.807) is 18.2 Å². The van der Waals surface area contributed by atoms with Crippen molar-refractivity contribution in [3.63, 3.8) is 0 Å². The lowest BCUT2D eigenvalue weighted by molar-refractivity contribution is 0.0839. The van der Waals surface area contributed by atoms with Crippen LogP contribution in [0.25, 0.3) is 11.4 Å². The van der Waals surface area contributed by atoms with Crippen LogP contribution < -0.4 is 4.74 Å². The van der Waals surface area contributed by atoms with Gasteiger partial charge in [0.25, 0.3) is 0 Å². The average molecular weight is 384 g/mol. The van der Waals surface area contributed by atoms with E-state index in [2.05, 4.69) is 10.1 Å².